The van der Waals surface area contributed by atoms with E-state index in [4.69, 9.17) is 45.6 Å². The van der Waals surface area contributed by atoms with E-state index in [0.29, 0.717) is 0 Å². The maximum Gasteiger partial charge on any atom is 0.356 e. The normalized spacial score (nSPS) is 11.5. The molecule has 0 fully saturated rings. The fourth-order valence-corrected chi connectivity index (χ4v) is 1.30. The van der Waals surface area contributed by atoms with E-state index >= 15 is 0 Å². The van der Waals surface area contributed by atoms with Crippen molar-refractivity contribution >= 4 is 40.8 Å². The largest absolute Gasteiger partial charge is 0.478 e. The third kappa shape index (κ3) is 6.45. The van der Waals surface area contributed by atoms with E-state index in [1.54, 1.807) is 0 Å². The maximum absolute atomic E-state index is 9.62. The Kier molecular flexibility index (Phi) is 6.44. The minimum Gasteiger partial charge on any atom is -0.478 e. The van der Waals surface area contributed by atoms with Crippen LogP contribution in [0.4, 0.5) is 0 Å². The zero-order chi connectivity index (χ0) is 14.6. The van der Waals surface area contributed by atoms with Gasteiger partial charge in [0.2, 0.25) is 0 Å². The van der Waals surface area contributed by atoms with Crippen molar-refractivity contribution < 1.29 is 9.90 Å². The van der Waals surface area contributed by atoms with Crippen LogP contribution in [0.25, 0.3) is 0 Å². The van der Waals surface area contributed by atoms with Gasteiger partial charge in [0.05, 0.1) is 0 Å². The van der Waals surface area contributed by atoms with Crippen LogP contribution in [-0.2, 0) is 10.3 Å². The van der Waals surface area contributed by atoms with Crippen LogP contribution in [0.1, 0.15) is 25.0 Å². The molecule has 0 atom stereocenters. The second-order valence-electron chi connectivity index (χ2n) is 4.34. The second-order valence-corrected chi connectivity index (χ2v) is 6.62. The third-order valence-electron chi connectivity index (χ3n) is 2.08. The topological polar surface area (TPSA) is 63.3 Å². The molecule has 0 unspecified atom stereocenters. The molecule has 0 saturated heterocycles. The number of alkyl halides is 3. The van der Waals surface area contributed by atoms with Crippen LogP contribution in [0.5, 0.6) is 0 Å². The molecule has 0 aliphatic carbocycles. The Hall–Kier alpha value is -0.480. The third-order valence-corrected chi connectivity index (χ3v) is 2.57. The quantitative estimate of drug-likeness (QED) is 0.778. The Morgan fingerprint density at radius 1 is 1.22 bits per heavy atom. The first-order valence-corrected chi connectivity index (χ1v) is 6.24. The number of rotatable bonds is 1. The Morgan fingerprint density at radius 2 is 1.61 bits per heavy atom. The second kappa shape index (κ2) is 6.62. The van der Waals surface area contributed by atoms with Gasteiger partial charge in [0, 0.05) is 5.54 Å². The van der Waals surface area contributed by atoms with Crippen molar-refractivity contribution in [3.8, 4) is 0 Å². The first-order chi connectivity index (χ1) is 7.96. The summed E-state index contributed by atoms with van der Waals surface area (Å²) < 4.78 is -2.17. The van der Waals surface area contributed by atoms with Gasteiger partial charge < -0.3 is 10.8 Å². The molecule has 18 heavy (non-hydrogen) atoms. The molecule has 0 aliphatic rings. The zero-order valence-electron chi connectivity index (χ0n) is 10.4. The van der Waals surface area contributed by atoms with Crippen LogP contribution >= 0.6 is 34.8 Å². The summed E-state index contributed by atoms with van der Waals surface area (Å²) in [5, 5.41) is 7.85. The van der Waals surface area contributed by atoms with E-state index in [-0.39, 0.29) is 5.54 Å². The fraction of sp³-hybridized carbons (Fsp3) is 0.417. The molecule has 3 N–H and O–H groups in total. The molecule has 0 amide bonds. The van der Waals surface area contributed by atoms with Crippen LogP contribution < -0.4 is 5.73 Å². The highest BCUT2D eigenvalue weighted by molar-refractivity contribution is 6.75. The lowest BCUT2D eigenvalue weighted by Gasteiger charge is -2.21. The summed E-state index contributed by atoms with van der Waals surface area (Å²) in [5.41, 5.74) is 8.23. The molecule has 102 valence electrons. The van der Waals surface area contributed by atoms with Crippen molar-refractivity contribution in [3.63, 3.8) is 0 Å². The fourth-order valence-electron chi connectivity index (χ4n) is 1.30. The number of nitrogens with two attached hydrogens (primary N) is 1. The number of carboxylic acid groups (broad SMARTS) is 1. The highest BCUT2D eigenvalue weighted by atomic mass is 35.6. The lowest BCUT2D eigenvalue weighted by Crippen LogP contribution is -2.29. The lowest BCUT2D eigenvalue weighted by atomic mass is 9.92. The SMILES string of the molecule is Cc1ccccc1C(C)(C)N.O=C(O)C(Cl)(Cl)Cl. The zero-order valence-corrected chi connectivity index (χ0v) is 12.6. The molecule has 0 aromatic heterocycles. The molecular weight excluding hydrogens is 296 g/mol. The Labute approximate surface area is 122 Å². The van der Waals surface area contributed by atoms with Crippen LogP contribution in [0, 0.1) is 6.92 Å². The van der Waals surface area contributed by atoms with E-state index in [1.807, 2.05) is 26.0 Å². The number of carboxylic acids is 1. The van der Waals surface area contributed by atoms with Gasteiger partial charge in [0.25, 0.3) is 3.79 Å². The molecule has 6 heteroatoms. The minimum absolute atomic E-state index is 0.217. The van der Waals surface area contributed by atoms with Gasteiger partial charge in [-0.15, -0.1) is 0 Å². The molecule has 0 heterocycles. The molecule has 1 rings (SSSR count). The Bertz CT molecular complexity index is 409. The van der Waals surface area contributed by atoms with Crippen molar-refractivity contribution in [1.29, 1.82) is 0 Å². The first kappa shape index (κ1) is 17.5. The summed E-state index contributed by atoms with van der Waals surface area (Å²) in [5.74, 6) is -1.46. The van der Waals surface area contributed by atoms with Gasteiger partial charge in [0.1, 0.15) is 0 Å². The van der Waals surface area contributed by atoms with Crippen molar-refractivity contribution in [2.24, 2.45) is 5.73 Å². The molecule has 0 bridgehead atoms. The standard InChI is InChI=1S/C10H15N.C2HCl3O2/c1-8-6-4-5-7-9(8)10(2,3)11;3-2(4,5)1(6)7/h4-7H,11H2,1-3H3;(H,6,7). The van der Waals surface area contributed by atoms with E-state index in [1.165, 1.54) is 11.1 Å². The number of benzene rings is 1. The average Bonchev–Trinajstić information content (AvgIpc) is 2.15. The number of hydrogen-bond acceptors (Lipinski definition) is 2. The number of halogens is 3. The number of carbonyl (C=O) groups is 1. The highest BCUT2D eigenvalue weighted by Gasteiger charge is 2.29. The van der Waals surface area contributed by atoms with Crippen LogP contribution in [0.2, 0.25) is 0 Å². The Morgan fingerprint density at radius 3 is 1.83 bits per heavy atom. The van der Waals surface area contributed by atoms with Gasteiger partial charge >= 0.3 is 5.97 Å². The monoisotopic (exact) mass is 311 g/mol. The number of aryl methyl sites for hydroxylation is 1. The molecule has 0 aliphatic heterocycles. The van der Waals surface area contributed by atoms with Crippen molar-refractivity contribution in [1.82, 2.24) is 0 Å². The van der Waals surface area contributed by atoms with Gasteiger partial charge in [-0.3, -0.25) is 0 Å². The van der Waals surface area contributed by atoms with Crippen molar-refractivity contribution in [2.75, 3.05) is 0 Å². The molecule has 0 saturated carbocycles. The van der Waals surface area contributed by atoms with Crippen LogP contribution in [-0.4, -0.2) is 14.9 Å². The molecule has 3 nitrogen and oxygen atoms in total. The highest BCUT2D eigenvalue weighted by Crippen LogP contribution is 2.25. The smallest absolute Gasteiger partial charge is 0.356 e. The average molecular weight is 313 g/mol. The summed E-state index contributed by atoms with van der Waals surface area (Å²) in [6.45, 7) is 6.13. The molecule has 1 aromatic carbocycles. The summed E-state index contributed by atoms with van der Waals surface area (Å²) in [6.07, 6.45) is 0. The summed E-state index contributed by atoms with van der Waals surface area (Å²) in [6, 6.07) is 8.22. The first-order valence-electron chi connectivity index (χ1n) is 5.11. The van der Waals surface area contributed by atoms with E-state index < -0.39 is 9.76 Å². The summed E-state index contributed by atoms with van der Waals surface area (Å²) >= 11 is 14.4. The number of hydrogen-bond donors (Lipinski definition) is 2. The van der Waals surface area contributed by atoms with E-state index in [0.717, 1.165) is 0 Å². The molecule has 0 radical (unpaired) electrons. The lowest BCUT2D eigenvalue weighted by molar-refractivity contribution is -0.135. The summed E-state index contributed by atoms with van der Waals surface area (Å²) in [4.78, 5) is 9.62. The van der Waals surface area contributed by atoms with Gasteiger partial charge in [-0.1, -0.05) is 59.1 Å². The summed E-state index contributed by atoms with van der Waals surface area (Å²) in [7, 11) is 0. The van der Waals surface area contributed by atoms with Crippen molar-refractivity contribution in [2.45, 2.75) is 30.1 Å². The van der Waals surface area contributed by atoms with Gasteiger partial charge in [-0.05, 0) is 31.9 Å². The maximum atomic E-state index is 9.62. The minimum atomic E-state index is -2.17. The van der Waals surface area contributed by atoms with Gasteiger partial charge in [-0.2, -0.15) is 0 Å². The number of aliphatic carboxylic acids is 1. The molecule has 0 spiro atoms. The van der Waals surface area contributed by atoms with Crippen LogP contribution in [0.3, 0.4) is 0 Å². The van der Waals surface area contributed by atoms with E-state index in [2.05, 4.69) is 19.1 Å². The van der Waals surface area contributed by atoms with E-state index in [9.17, 15) is 4.79 Å². The van der Waals surface area contributed by atoms with Gasteiger partial charge in [-0.25, -0.2) is 4.79 Å². The van der Waals surface area contributed by atoms with Crippen molar-refractivity contribution in [3.05, 3.63) is 35.4 Å². The molecule has 1 aromatic rings. The Balaban J connectivity index is 0.000000360. The predicted octanol–water partition coefficient (Wildman–Crippen LogP) is 3.63. The van der Waals surface area contributed by atoms with Crippen LogP contribution in [0.15, 0.2) is 24.3 Å². The predicted molar refractivity (Wildman–Crippen MR) is 76.3 cm³/mol. The molecular formula is C12H16Cl3NO2. The van der Waals surface area contributed by atoms with Gasteiger partial charge in [0.15, 0.2) is 0 Å².